The van der Waals surface area contributed by atoms with Crippen molar-refractivity contribution >= 4 is 5.91 Å². The highest BCUT2D eigenvalue weighted by atomic mass is 16.6. The number of primary amides is 1. The highest BCUT2D eigenvalue weighted by molar-refractivity contribution is 5.91. The second-order valence-electron chi connectivity index (χ2n) is 3.02. The van der Waals surface area contributed by atoms with Crippen molar-refractivity contribution in [2.45, 2.75) is 6.10 Å². The molecule has 1 aliphatic heterocycles. The normalized spacial score (nSPS) is 16.0. The van der Waals surface area contributed by atoms with Crippen LogP contribution in [-0.4, -0.2) is 30.2 Å². The molecular weight excluding hydrogens is 184 g/mol. The maximum atomic E-state index is 10.8. The van der Waals surface area contributed by atoms with E-state index in [0.717, 1.165) is 0 Å². The molecule has 0 bridgehead atoms. The fourth-order valence-corrected chi connectivity index (χ4v) is 1.09. The highest BCUT2D eigenvalue weighted by Gasteiger charge is 2.20. The molecule has 0 saturated carbocycles. The van der Waals surface area contributed by atoms with Gasteiger partial charge in [-0.3, -0.25) is 9.78 Å². The molecule has 0 aliphatic carbocycles. The summed E-state index contributed by atoms with van der Waals surface area (Å²) < 4.78 is 10.4. The zero-order chi connectivity index (χ0) is 9.97. The van der Waals surface area contributed by atoms with E-state index < -0.39 is 5.91 Å². The summed E-state index contributed by atoms with van der Waals surface area (Å²) in [5.41, 5.74) is 5.29. The first-order valence-electron chi connectivity index (χ1n) is 4.26. The number of aromatic nitrogens is 1. The van der Waals surface area contributed by atoms with Gasteiger partial charge in [-0.05, 0) is 6.07 Å². The van der Waals surface area contributed by atoms with E-state index in [0.29, 0.717) is 19.0 Å². The molecule has 1 aromatic heterocycles. The molecule has 0 atom stereocenters. The molecule has 2 rings (SSSR count). The Morgan fingerprint density at radius 3 is 3.00 bits per heavy atom. The Kier molecular flexibility index (Phi) is 2.32. The van der Waals surface area contributed by atoms with Crippen molar-refractivity contribution in [3.05, 3.63) is 24.0 Å². The van der Waals surface area contributed by atoms with Crippen molar-refractivity contribution in [1.29, 1.82) is 0 Å². The molecule has 0 radical (unpaired) electrons. The van der Waals surface area contributed by atoms with Gasteiger partial charge in [-0.2, -0.15) is 0 Å². The highest BCUT2D eigenvalue weighted by Crippen LogP contribution is 2.15. The molecule has 1 amide bonds. The molecule has 1 aromatic rings. The molecule has 2 N–H and O–H groups in total. The third-order valence-electron chi connectivity index (χ3n) is 1.89. The zero-order valence-electron chi connectivity index (χ0n) is 7.47. The van der Waals surface area contributed by atoms with E-state index in [-0.39, 0.29) is 11.8 Å². The third-order valence-corrected chi connectivity index (χ3v) is 1.89. The van der Waals surface area contributed by atoms with Crippen LogP contribution in [0.5, 0.6) is 5.75 Å². The molecule has 0 spiro atoms. The second kappa shape index (κ2) is 3.63. The molecule has 5 heteroatoms. The van der Waals surface area contributed by atoms with E-state index in [2.05, 4.69) is 4.98 Å². The van der Waals surface area contributed by atoms with Crippen LogP contribution in [0.1, 0.15) is 10.5 Å². The molecule has 2 heterocycles. The van der Waals surface area contributed by atoms with Crippen LogP contribution in [0.2, 0.25) is 0 Å². The van der Waals surface area contributed by atoms with E-state index in [1.807, 2.05) is 0 Å². The lowest BCUT2D eigenvalue weighted by atomic mass is 10.3. The van der Waals surface area contributed by atoms with Gasteiger partial charge in [-0.1, -0.05) is 0 Å². The van der Waals surface area contributed by atoms with Crippen molar-refractivity contribution in [1.82, 2.24) is 4.98 Å². The number of rotatable bonds is 3. The summed E-state index contributed by atoms with van der Waals surface area (Å²) in [5.74, 6) is 0.0439. The van der Waals surface area contributed by atoms with E-state index in [1.54, 1.807) is 6.07 Å². The van der Waals surface area contributed by atoms with E-state index >= 15 is 0 Å². The Morgan fingerprint density at radius 2 is 2.43 bits per heavy atom. The molecular formula is C9H10N2O3. The SMILES string of the molecule is NC(=O)c1cc(OC2COC2)ccn1. The lowest BCUT2D eigenvalue weighted by Crippen LogP contribution is -2.38. The zero-order valence-corrected chi connectivity index (χ0v) is 7.47. The average Bonchev–Trinajstić information content (AvgIpc) is 2.12. The molecule has 1 aliphatic rings. The first-order chi connectivity index (χ1) is 6.75. The summed E-state index contributed by atoms with van der Waals surface area (Å²) in [6.07, 6.45) is 1.58. The largest absolute Gasteiger partial charge is 0.485 e. The fourth-order valence-electron chi connectivity index (χ4n) is 1.09. The summed E-state index contributed by atoms with van der Waals surface area (Å²) >= 11 is 0. The molecule has 14 heavy (non-hydrogen) atoms. The van der Waals surface area contributed by atoms with Crippen molar-refractivity contribution in [2.24, 2.45) is 5.73 Å². The third kappa shape index (κ3) is 1.82. The number of nitrogens with zero attached hydrogens (tertiary/aromatic N) is 1. The Morgan fingerprint density at radius 1 is 1.64 bits per heavy atom. The maximum absolute atomic E-state index is 10.8. The van der Waals surface area contributed by atoms with Gasteiger partial charge in [0.25, 0.3) is 5.91 Å². The van der Waals surface area contributed by atoms with Gasteiger partial charge in [0, 0.05) is 12.3 Å². The summed E-state index contributed by atoms with van der Waals surface area (Å²) in [5, 5.41) is 0. The minimum Gasteiger partial charge on any atom is -0.485 e. The van der Waals surface area contributed by atoms with Crippen LogP contribution in [0.15, 0.2) is 18.3 Å². The molecule has 5 nitrogen and oxygen atoms in total. The molecule has 1 fully saturated rings. The number of hydrogen-bond donors (Lipinski definition) is 1. The maximum Gasteiger partial charge on any atom is 0.267 e. The second-order valence-corrected chi connectivity index (χ2v) is 3.02. The Labute approximate surface area is 80.8 Å². The van der Waals surface area contributed by atoms with Gasteiger partial charge < -0.3 is 15.2 Å². The quantitative estimate of drug-likeness (QED) is 0.732. The van der Waals surface area contributed by atoms with Gasteiger partial charge in [0.05, 0.1) is 13.2 Å². The Balaban J connectivity index is 2.09. The van der Waals surface area contributed by atoms with Gasteiger partial charge in [-0.25, -0.2) is 0 Å². The van der Waals surface area contributed by atoms with Crippen molar-refractivity contribution in [2.75, 3.05) is 13.2 Å². The number of carbonyl (C=O) groups excluding carboxylic acids is 1. The predicted molar refractivity (Wildman–Crippen MR) is 48.0 cm³/mol. The van der Waals surface area contributed by atoms with Crippen LogP contribution in [0, 0.1) is 0 Å². The van der Waals surface area contributed by atoms with Crippen LogP contribution in [-0.2, 0) is 4.74 Å². The van der Waals surface area contributed by atoms with Crippen LogP contribution in [0.3, 0.4) is 0 Å². The standard InChI is InChI=1S/C9H10N2O3/c10-9(12)8-3-6(1-2-11-8)14-7-4-13-5-7/h1-3,7H,4-5H2,(H2,10,12). The average molecular weight is 194 g/mol. The monoisotopic (exact) mass is 194 g/mol. The van der Waals surface area contributed by atoms with Crippen LogP contribution < -0.4 is 10.5 Å². The number of nitrogens with two attached hydrogens (primary N) is 1. The van der Waals surface area contributed by atoms with E-state index in [9.17, 15) is 4.79 Å². The van der Waals surface area contributed by atoms with Crippen molar-refractivity contribution in [3.8, 4) is 5.75 Å². The van der Waals surface area contributed by atoms with Gasteiger partial charge in [0.15, 0.2) is 0 Å². The summed E-state index contributed by atoms with van der Waals surface area (Å²) in [6, 6.07) is 3.21. The molecule has 0 aromatic carbocycles. The van der Waals surface area contributed by atoms with Crippen molar-refractivity contribution < 1.29 is 14.3 Å². The minimum absolute atomic E-state index is 0.0816. The number of pyridine rings is 1. The number of hydrogen-bond acceptors (Lipinski definition) is 4. The smallest absolute Gasteiger partial charge is 0.267 e. The lowest BCUT2D eigenvalue weighted by molar-refractivity contribution is -0.0797. The van der Waals surface area contributed by atoms with Crippen molar-refractivity contribution in [3.63, 3.8) is 0 Å². The number of amides is 1. The number of ether oxygens (including phenoxy) is 2. The molecule has 0 unspecified atom stereocenters. The first kappa shape index (κ1) is 8.96. The summed E-state index contributed by atoms with van der Waals surface area (Å²) in [4.78, 5) is 14.6. The van der Waals surface area contributed by atoms with Gasteiger partial charge in [0.1, 0.15) is 17.5 Å². The topological polar surface area (TPSA) is 74.4 Å². The Bertz CT molecular complexity index is 350. The van der Waals surface area contributed by atoms with Gasteiger partial charge in [0.2, 0.25) is 0 Å². The summed E-state index contributed by atoms with van der Waals surface area (Å²) in [6.45, 7) is 1.18. The van der Waals surface area contributed by atoms with Crippen LogP contribution in [0.4, 0.5) is 0 Å². The minimum atomic E-state index is -0.555. The lowest BCUT2D eigenvalue weighted by Gasteiger charge is -2.26. The number of carbonyl (C=O) groups is 1. The molecule has 74 valence electrons. The first-order valence-corrected chi connectivity index (χ1v) is 4.26. The van der Waals surface area contributed by atoms with Crippen LogP contribution >= 0.6 is 0 Å². The van der Waals surface area contributed by atoms with Gasteiger partial charge >= 0.3 is 0 Å². The molecule has 1 saturated heterocycles. The van der Waals surface area contributed by atoms with E-state index in [1.165, 1.54) is 12.3 Å². The van der Waals surface area contributed by atoms with Gasteiger partial charge in [-0.15, -0.1) is 0 Å². The van der Waals surface area contributed by atoms with Crippen LogP contribution in [0.25, 0.3) is 0 Å². The summed E-state index contributed by atoms with van der Waals surface area (Å²) in [7, 11) is 0. The van der Waals surface area contributed by atoms with E-state index in [4.69, 9.17) is 15.2 Å². The Hall–Kier alpha value is -1.62. The predicted octanol–water partition coefficient (Wildman–Crippen LogP) is -0.0419. The fraction of sp³-hybridized carbons (Fsp3) is 0.333.